The molecule has 200 valence electrons. The molecule has 1 aliphatic heterocycles. The number of rotatable bonds is 9. The van der Waals surface area contributed by atoms with Crippen molar-refractivity contribution < 1.29 is 9.59 Å². The van der Waals surface area contributed by atoms with Crippen LogP contribution in [0.4, 0.5) is 5.69 Å². The third-order valence-corrected chi connectivity index (χ3v) is 8.46. The maximum absolute atomic E-state index is 13.4. The lowest BCUT2D eigenvalue weighted by Gasteiger charge is -2.36. The SMILES string of the molecule is CC(C)C(=O)Nc1cccc(C2CCN(CCCNC(=O)C3(c4ccc(Cl)cc4)CCCCC3)CC2)c1. The van der Waals surface area contributed by atoms with Gasteiger partial charge >= 0.3 is 0 Å². The van der Waals surface area contributed by atoms with E-state index in [0.717, 1.165) is 75.8 Å². The fourth-order valence-electron chi connectivity index (χ4n) is 5.89. The van der Waals surface area contributed by atoms with Crippen LogP contribution in [-0.2, 0) is 15.0 Å². The minimum Gasteiger partial charge on any atom is -0.355 e. The summed E-state index contributed by atoms with van der Waals surface area (Å²) < 4.78 is 0. The number of benzene rings is 2. The molecule has 1 saturated heterocycles. The highest BCUT2D eigenvalue weighted by Crippen LogP contribution is 2.40. The van der Waals surface area contributed by atoms with Crippen molar-refractivity contribution in [3.8, 4) is 0 Å². The molecular weight excluding hydrogens is 482 g/mol. The average molecular weight is 524 g/mol. The maximum Gasteiger partial charge on any atom is 0.230 e. The van der Waals surface area contributed by atoms with Crippen LogP contribution in [0.1, 0.15) is 82.3 Å². The van der Waals surface area contributed by atoms with E-state index in [2.05, 4.69) is 27.7 Å². The van der Waals surface area contributed by atoms with Gasteiger partial charge in [-0.05, 0) is 93.0 Å². The smallest absolute Gasteiger partial charge is 0.230 e. The Morgan fingerprint density at radius 2 is 1.73 bits per heavy atom. The molecule has 1 aliphatic carbocycles. The molecule has 0 bridgehead atoms. The standard InChI is InChI=1S/C31H42ClN3O2/c1-23(2)29(36)34-28-9-6-8-25(22-28)24-14-20-35(21-15-24)19-7-18-33-30(37)31(16-4-3-5-17-31)26-10-12-27(32)13-11-26/h6,8-13,22-24H,3-5,7,14-21H2,1-2H3,(H,33,37)(H,34,36). The molecule has 0 radical (unpaired) electrons. The van der Waals surface area contributed by atoms with E-state index in [1.54, 1.807) is 0 Å². The second kappa shape index (κ2) is 12.9. The maximum atomic E-state index is 13.4. The Morgan fingerprint density at radius 3 is 2.41 bits per heavy atom. The molecule has 2 aromatic carbocycles. The van der Waals surface area contributed by atoms with Crippen LogP contribution in [0.3, 0.4) is 0 Å². The molecule has 2 amide bonds. The topological polar surface area (TPSA) is 61.4 Å². The van der Waals surface area contributed by atoms with Gasteiger partial charge in [-0.25, -0.2) is 0 Å². The molecule has 37 heavy (non-hydrogen) atoms. The first-order valence-corrected chi connectivity index (χ1v) is 14.4. The quantitative estimate of drug-likeness (QED) is 0.368. The van der Waals surface area contributed by atoms with E-state index in [4.69, 9.17) is 11.6 Å². The monoisotopic (exact) mass is 523 g/mol. The molecule has 0 atom stereocenters. The van der Waals surface area contributed by atoms with Crippen molar-refractivity contribution in [3.05, 3.63) is 64.7 Å². The van der Waals surface area contributed by atoms with E-state index in [9.17, 15) is 9.59 Å². The summed E-state index contributed by atoms with van der Waals surface area (Å²) in [5, 5.41) is 7.01. The van der Waals surface area contributed by atoms with Crippen LogP contribution in [0.25, 0.3) is 0 Å². The number of halogens is 1. The number of anilines is 1. The van der Waals surface area contributed by atoms with Gasteiger partial charge in [-0.1, -0.05) is 69.0 Å². The van der Waals surface area contributed by atoms with Crippen molar-refractivity contribution in [2.24, 2.45) is 5.92 Å². The van der Waals surface area contributed by atoms with Crippen LogP contribution in [0.5, 0.6) is 0 Å². The Kier molecular flexibility index (Phi) is 9.66. The summed E-state index contributed by atoms with van der Waals surface area (Å²) >= 11 is 6.11. The van der Waals surface area contributed by atoms with Crippen molar-refractivity contribution in [1.29, 1.82) is 0 Å². The van der Waals surface area contributed by atoms with Crippen LogP contribution in [0.15, 0.2) is 48.5 Å². The lowest BCUT2D eigenvalue weighted by Crippen LogP contribution is -2.46. The van der Waals surface area contributed by atoms with Crippen molar-refractivity contribution in [1.82, 2.24) is 10.2 Å². The number of piperidine rings is 1. The first-order valence-electron chi connectivity index (χ1n) is 14.0. The van der Waals surface area contributed by atoms with Crippen LogP contribution in [0, 0.1) is 5.92 Å². The zero-order valence-corrected chi connectivity index (χ0v) is 23.2. The van der Waals surface area contributed by atoms with Gasteiger partial charge in [0, 0.05) is 23.2 Å². The third kappa shape index (κ3) is 7.14. The number of nitrogens with zero attached hydrogens (tertiary/aromatic N) is 1. The molecule has 2 aliphatic rings. The van der Waals surface area contributed by atoms with E-state index in [1.807, 2.05) is 50.2 Å². The summed E-state index contributed by atoms with van der Waals surface area (Å²) in [6.45, 7) is 7.67. The summed E-state index contributed by atoms with van der Waals surface area (Å²) in [5.74, 6) is 0.735. The first-order chi connectivity index (χ1) is 17.9. The second-order valence-electron chi connectivity index (χ2n) is 11.1. The Labute approximate surface area is 227 Å². The largest absolute Gasteiger partial charge is 0.355 e. The number of carbonyl (C=O) groups excluding carboxylic acids is 2. The van der Waals surface area contributed by atoms with Crippen molar-refractivity contribution in [3.63, 3.8) is 0 Å². The second-order valence-corrected chi connectivity index (χ2v) is 11.6. The minimum absolute atomic E-state index is 0.0256. The van der Waals surface area contributed by atoms with Gasteiger partial charge in [0.2, 0.25) is 11.8 Å². The van der Waals surface area contributed by atoms with Crippen LogP contribution in [-0.4, -0.2) is 42.9 Å². The highest BCUT2D eigenvalue weighted by atomic mass is 35.5. The van der Waals surface area contributed by atoms with Gasteiger partial charge in [-0.3, -0.25) is 9.59 Å². The first kappa shape index (κ1) is 27.7. The van der Waals surface area contributed by atoms with Crippen molar-refractivity contribution in [2.45, 2.75) is 76.5 Å². The molecule has 6 heteroatoms. The average Bonchev–Trinajstić information content (AvgIpc) is 2.92. The van der Waals surface area contributed by atoms with Gasteiger partial charge in [-0.15, -0.1) is 0 Å². The Balaban J connectivity index is 1.22. The molecule has 1 saturated carbocycles. The number of likely N-dealkylation sites (tertiary alicyclic amines) is 1. The fourth-order valence-corrected chi connectivity index (χ4v) is 6.02. The van der Waals surface area contributed by atoms with E-state index >= 15 is 0 Å². The summed E-state index contributed by atoms with van der Waals surface area (Å²) in [6, 6.07) is 16.2. The van der Waals surface area contributed by atoms with Crippen LogP contribution in [0.2, 0.25) is 5.02 Å². The number of nitrogens with one attached hydrogen (secondary N) is 2. The molecule has 2 fully saturated rings. The fraction of sp³-hybridized carbons (Fsp3) is 0.548. The molecule has 4 rings (SSSR count). The molecular formula is C31H42ClN3O2. The van der Waals surface area contributed by atoms with Crippen molar-refractivity contribution in [2.75, 3.05) is 31.5 Å². The highest BCUT2D eigenvalue weighted by Gasteiger charge is 2.40. The van der Waals surface area contributed by atoms with Gasteiger partial charge in [0.05, 0.1) is 5.41 Å². The summed E-state index contributed by atoms with van der Waals surface area (Å²) in [7, 11) is 0. The van der Waals surface area contributed by atoms with Gasteiger partial charge in [0.15, 0.2) is 0 Å². The molecule has 0 unspecified atom stereocenters. The Morgan fingerprint density at radius 1 is 1.03 bits per heavy atom. The van der Waals surface area contributed by atoms with E-state index < -0.39 is 5.41 Å². The lowest BCUT2D eigenvalue weighted by molar-refractivity contribution is -0.128. The number of carbonyl (C=O) groups is 2. The third-order valence-electron chi connectivity index (χ3n) is 8.21. The zero-order chi connectivity index (χ0) is 26.3. The molecule has 2 aromatic rings. The highest BCUT2D eigenvalue weighted by molar-refractivity contribution is 6.30. The number of hydrogen-bond donors (Lipinski definition) is 2. The molecule has 2 N–H and O–H groups in total. The van der Waals surface area contributed by atoms with Crippen molar-refractivity contribution >= 4 is 29.1 Å². The predicted octanol–water partition coefficient (Wildman–Crippen LogP) is 6.52. The van der Waals surface area contributed by atoms with E-state index in [0.29, 0.717) is 17.5 Å². The summed E-state index contributed by atoms with van der Waals surface area (Å²) in [6.07, 6.45) is 8.42. The van der Waals surface area contributed by atoms with Gasteiger partial charge < -0.3 is 15.5 Å². The lowest BCUT2D eigenvalue weighted by atomic mass is 9.68. The van der Waals surface area contributed by atoms with Crippen LogP contribution < -0.4 is 10.6 Å². The van der Waals surface area contributed by atoms with E-state index in [-0.39, 0.29) is 17.7 Å². The van der Waals surface area contributed by atoms with Crippen LogP contribution >= 0.6 is 11.6 Å². The molecule has 5 nitrogen and oxygen atoms in total. The number of hydrogen-bond acceptors (Lipinski definition) is 3. The van der Waals surface area contributed by atoms with Gasteiger partial charge in [0.1, 0.15) is 0 Å². The summed E-state index contributed by atoms with van der Waals surface area (Å²) in [4.78, 5) is 28.0. The predicted molar refractivity (Wildman–Crippen MR) is 152 cm³/mol. The molecule has 1 heterocycles. The van der Waals surface area contributed by atoms with Gasteiger partial charge in [0.25, 0.3) is 0 Å². The molecule has 0 spiro atoms. The van der Waals surface area contributed by atoms with E-state index in [1.165, 1.54) is 12.0 Å². The number of amides is 2. The summed E-state index contributed by atoms with van der Waals surface area (Å²) in [5.41, 5.74) is 2.89. The zero-order valence-electron chi connectivity index (χ0n) is 22.4. The normalized spacial score (nSPS) is 18.5. The molecule has 0 aromatic heterocycles. The minimum atomic E-state index is -0.412. The Hall–Kier alpha value is -2.37. The van der Waals surface area contributed by atoms with Gasteiger partial charge in [-0.2, -0.15) is 0 Å². The Bertz CT molecular complexity index is 1040.